The fourth-order valence-electron chi connectivity index (χ4n) is 2.48. The number of thiazole rings is 1. The molecule has 0 fully saturated rings. The smallest absolute Gasteiger partial charge is 0.203 e. The highest BCUT2D eigenvalue weighted by molar-refractivity contribution is 7.14. The third-order valence-corrected chi connectivity index (χ3v) is 4.72. The number of hydrazone groups is 1. The Hall–Kier alpha value is -3.06. The Balaban J connectivity index is 1.69. The summed E-state index contributed by atoms with van der Waals surface area (Å²) in [5.41, 5.74) is 6.88. The Kier molecular flexibility index (Phi) is 5.93. The summed E-state index contributed by atoms with van der Waals surface area (Å²) in [5.74, 6) is 1.46. The first-order valence-corrected chi connectivity index (χ1v) is 9.23. The number of methoxy groups -OCH3 is 2. The number of nitrogens with one attached hydrogen (secondary N) is 1. The summed E-state index contributed by atoms with van der Waals surface area (Å²) < 4.78 is 10.7. The van der Waals surface area contributed by atoms with Crippen LogP contribution in [-0.2, 0) is 0 Å². The molecule has 0 atom stereocenters. The van der Waals surface area contributed by atoms with E-state index in [4.69, 9.17) is 9.47 Å². The molecule has 0 saturated heterocycles. The van der Waals surface area contributed by atoms with Gasteiger partial charge in [-0.05, 0) is 29.8 Å². The first kappa shape index (κ1) is 18.7. The highest BCUT2D eigenvalue weighted by atomic mass is 32.1. The summed E-state index contributed by atoms with van der Waals surface area (Å²) in [6.07, 6.45) is 1.77. The molecule has 0 amide bonds. The van der Waals surface area contributed by atoms with Crippen LogP contribution in [0.25, 0.3) is 11.3 Å². The molecule has 1 aromatic heterocycles. The lowest BCUT2D eigenvalue weighted by atomic mass is 10.1. The zero-order chi connectivity index (χ0) is 19.2. The number of aromatic nitrogens is 1. The SMILES string of the molecule is COc1ccc(-c2csc(N/N=C\c3ccc(N(C)C)cc3)n2)c(OC)c1. The molecular formula is C20H22N4O2S. The Morgan fingerprint density at radius 2 is 1.85 bits per heavy atom. The second-order valence-electron chi connectivity index (χ2n) is 5.96. The van der Waals surface area contributed by atoms with Crippen LogP contribution >= 0.6 is 11.3 Å². The predicted octanol–water partition coefficient (Wildman–Crippen LogP) is 4.34. The van der Waals surface area contributed by atoms with Gasteiger partial charge in [0, 0.05) is 36.8 Å². The molecule has 140 valence electrons. The lowest BCUT2D eigenvalue weighted by Gasteiger charge is -2.11. The average Bonchev–Trinajstić information content (AvgIpc) is 3.16. The van der Waals surface area contributed by atoms with E-state index in [-0.39, 0.29) is 0 Å². The van der Waals surface area contributed by atoms with Gasteiger partial charge in [-0.1, -0.05) is 12.1 Å². The van der Waals surface area contributed by atoms with Gasteiger partial charge in [0.1, 0.15) is 11.5 Å². The van der Waals surface area contributed by atoms with Crippen LogP contribution in [0.2, 0.25) is 0 Å². The van der Waals surface area contributed by atoms with Crippen LogP contribution < -0.4 is 19.8 Å². The number of rotatable bonds is 7. The summed E-state index contributed by atoms with van der Waals surface area (Å²) in [4.78, 5) is 6.64. The Labute approximate surface area is 163 Å². The van der Waals surface area contributed by atoms with Gasteiger partial charge in [0.15, 0.2) is 0 Å². The molecule has 2 aromatic carbocycles. The van der Waals surface area contributed by atoms with Crippen molar-refractivity contribution >= 4 is 28.4 Å². The van der Waals surface area contributed by atoms with Gasteiger partial charge < -0.3 is 14.4 Å². The number of anilines is 2. The highest BCUT2D eigenvalue weighted by Gasteiger charge is 2.11. The zero-order valence-electron chi connectivity index (χ0n) is 15.8. The van der Waals surface area contributed by atoms with E-state index in [0.717, 1.165) is 34.0 Å². The third kappa shape index (κ3) is 4.57. The van der Waals surface area contributed by atoms with Gasteiger partial charge in [-0.3, -0.25) is 5.43 Å². The normalized spacial score (nSPS) is 10.8. The van der Waals surface area contributed by atoms with Crippen molar-refractivity contribution in [2.75, 3.05) is 38.6 Å². The van der Waals surface area contributed by atoms with Crippen molar-refractivity contribution in [2.24, 2.45) is 5.10 Å². The second kappa shape index (κ2) is 8.55. The maximum absolute atomic E-state index is 5.45. The van der Waals surface area contributed by atoms with Crippen LogP contribution in [0.3, 0.4) is 0 Å². The third-order valence-electron chi connectivity index (χ3n) is 3.97. The van der Waals surface area contributed by atoms with Crippen molar-refractivity contribution in [1.29, 1.82) is 0 Å². The molecule has 0 aliphatic rings. The van der Waals surface area contributed by atoms with Crippen LogP contribution in [0, 0.1) is 0 Å². The summed E-state index contributed by atoms with van der Waals surface area (Å²) in [6.45, 7) is 0. The Morgan fingerprint density at radius 1 is 1.07 bits per heavy atom. The summed E-state index contributed by atoms with van der Waals surface area (Å²) >= 11 is 1.49. The minimum atomic E-state index is 0.712. The molecule has 1 N–H and O–H groups in total. The molecule has 0 aliphatic heterocycles. The topological polar surface area (TPSA) is 59.0 Å². The van der Waals surface area contributed by atoms with Crippen LogP contribution in [-0.4, -0.2) is 39.5 Å². The lowest BCUT2D eigenvalue weighted by Crippen LogP contribution is -2.08. The van der Waals surface area contributed by atoms with Crippen molar-refractivity contribution in [1.82, 2.24) is 4.98 Å². The van der Waals surface area contributed by atoms with Gasteiger partial charge >= 0.3 is 0 Å². The molecule has 3 aromatic rings. The first-order valence-electron chi connectivity index (χ1n) is 8.35. The molecule has 0 spiro atoms. The molecule has 0 bridgehead atoms. The largest absolute Gasteiger partial charge is 0.497 e. The molecule has 0 aliphatic carbocycles. The van der Waals surface area contributed by atoms with Gasteiger partial charge in [0.25, 0.3) is 0 Å². The Morgan fingerprint density at radius 3 is 2.52 bits per heavy atom. The monoisotopic (exact) mass is 382 g/mol. The predicted molar refractivity (Wildman–Crippen MR) is 113 cm³/mol. The summed E-state index contributed by atoms with van der Waals surface area (Å²) in [7, 11) is 7.30. The van der Waals surface area contributed by atoms with E-state index >= 15 is 0 Å². The van der Waals surface area contributed by atoms with E-state index in [1.807, 2.05) is 49.8 Å². The molecule has 3 rings (SSSR count). The summed E-state index contributed by atoms with van der Waals surface area (Å²) in [5, 5.41) is 6.95. The van der Waals surface area contributed by atoms with Gasteiger partial charge in [-0.25, -0.2) is 4.98 Å². The summed E-state index contributed by atoms with van der Waals surface area (Å²) in [6, 6.07) is 13.8. The van der Waals surface area contributed by atoms with Crippen LogP contribution in [0.4, 0.5) is 10.8 Å². The van der Waals surface area contributed by atoms with E-state index in [1.165, 1.54) is 11.3 Å². The first-order chi connectivity index (χ1) is 13.1. The number of nitrogens with zero attached hydrogens (tertiary/aromatic N) is 3. The minimum Gasteiger partial charge on any atom is -0.497 e. The number of ether oxygens (including phenoxy) is 2. The molecule has 7 heteroatoms. The quantitative estimate of drug-likeness (QED) is 0.487. The molecule has 6 nitrogen and oxygen atoms in total. The van der Waals surface area contributed by atoms with Gasteiger partial charge in [0.2, 0.25) is 5.13 Å². The fourth-order valence-corrected chi connectivity index (χ4v) is 3.14. The van der Waals surface area contributed by atoms with Crippen molar-refractivity contribution in [3.8, 4) is 22.8 Å². The van der Waals surface area contributed by atoms with E-state index in [1.54, 1.807) is 20.4 Å². The standard InChI is InChI=1S/C20H22N4O2S/c1-24(2)15-7-5-14(6-8-15)12-21-23-20-22-18(13-27-20)17-10-9-16(25-3)11-19(17)26-4/h5-13H,1-4H3,(H,22,23)/b21-12-. The van der Waals surface area contributed by atoms with E-state index in [9.17, 15) is 0 Å². The molecule has 1 heterocycles. The van der Waals surface area contributed by atoms with Crippen molar-refractivity contribution < 1.29 is 9.47 Å². The average molecular weight is 382 g/mol. The maximum Gasteiger partial charge on any atom is 0.203 e. The molecule has 27 heavy (non-hydrogen) atoms. The molecule has 0 unspecified atom stereocenters. The maximum atomic E-state index is 5.45. The van der Waals surface area contributed by atoms with Crippen LogP contribution in [0.5, 0.6) is 11.5 Å². The molecule has 0 radical (unpaired) electrons. The van der Waals surface area contributed by atoms with Gasteiger partial charge in [-0.2, -0.15) is 5.10 Å². The van der Waals surface area contributed by atoms with Crippen molar-refractivity contribution in [3.63, 3.8) is 0 Å². The molecule has 0 saturated carbocycles. The van der Waals surface area contributed by atoms with E-state index < -0.39 is 0 Å². The highest BCUT2D eigenvalue weighted by Crippen LogP contribution is 2.34. The van der Waals surface area contributed by atoms with Crippen molar-refractivity contribution in [3.05, 3.63) is 53.4 Å². The van der Waals surface area contributed by atoms with Gasteiger partial charge in [-0.15, -0.1) is 11.3 Å². The molecular weight excluding hydrogens is 360 g/mol. The van der Waals surface area contributed by atoms with Crippen LogP contribution in [0.1, 0.15) is 5.56 Å². The number of hydrogen-bond donors (Lipinski definition) is 1. The van der Waals surface area contributed by atoms with E-state index in [0.29, 0.717) is 5.13 Å². The minimum absolute atomic E-state index is 0.712. The number of benzene rings is 2. The zero-order valence-corrected chi connectivity index (χ0v) is 16.6. The van der Waals surface area contributed by atoms with Crippen LogP contribution in [0.15, 0.2) is 52.9 Å². The van der Waals surface area contributed by atoms with Crippen molar-refractivity contribution in [2.45, 2.75) is 0 Å². The van der Waals surface area contributed by atoms with E-state index in [2.05, 4.69) is 32.5 Å². The second-order valence-corrected chi connectivity index (χ2v) is 6.82. The number of hydrogen-bond acceptors (Lipinski definition) is 7. The van der Waals surface area contributed by atoms with Gasteiger partial charge in [0.05, 0.1) is 26.1 Å². The Bertz CT molecular complexity index is 920. The fraction of sp³-hybridized carbons (Fsp3) is 0.200. The lowest BCUT2D eigenvalue weighted by molar-refractivity contribution is 0.395.